The molecule has 0 aliphatic heterocycles. The Morgan fingerprint density at radius 2 is 1.90 bits per heavy atom. The minimum Gasteiger partial charge on any atom is -0.454 e. The van der Waals surface area contributed by atoms with Crippen molar-refractivity contribution in [2.75, 3.05) is 5.32 Å². The van der Waals surface area contributed by atoms with Gasteiger partial charge in [-0.3, -0.25) is 5.32 Å². The maximum absolute atomic E-state index is 14.5. The van der Waals surface area contributed by atoms with Gasteiger partial charge in [-0.2, -0.15) is 0 Å². The van der Waals surface area contributed by atoms with Crippen LogP contribution in [0.25, 0.3) is 0 Å². The third-order valence-corrected chi connectivity index (χ3v) is 5.39. The average Bonchev–Trinajstić information content (AvgIpc) is 3.28. The number of halogens is 2. The van der Waals surface area contributed by atoms with Gasteiger partial charge in [0.15, 0.2) is 23.9 Å². The molecule has 11 nitrogen and oxygen atoms in total. The van der Waals surface area contributed by atoms with Crippen LogP contribution in [0, 0.1) is 5.82 Å². The van der Waals surface area contributed by atoms with E-state index in [1.807, 2.05) is 0 Å². The summed E-state index contributed by atoms with van der Waals surface area (Å²) in [4.78, 5) is 22.1. The van der Waals surface area contributed by atoms with E-state index in [2.05, 4.69) is 46.9 Å². The lowest BCUT2D eigenvalue weighted by Gasteiger charge is -2.19. The first-order chi connectivity index (χ1) is 18.6. The Bertz CT molecular complexity index is 1500. The van der Waals surface area contributed by atoms with Crippen LogP contribution in [0.15, 0.2) is 70.3 Å². The number of carbonyl (C=O) groups is 1. The highest BCUT2D eigenvalue weighted by molar-refractivity contribution is 9.10. The van der Waals surface area contributed by atoms with E-state index in [9.17, 15) is 9.18 Å². The molecule has 1 amide bonds. The number of aromatic nitrogens is 5. The number of tetrazole rings is 1. The standard InChI is InChI=1S/C26H25BrFN7O4/c1-26(2,3)39-25(36)30-22-11-7-8-17(29-22)15-37-32-23(24-31-33-34-35(24)4)18-9-5-6-10-20(18)38-21-13-12-16(27)14-19(21)28/h5-14H,15H2,1-4H3,(H,29,30,36)/b32-23-. The fourth-order valence-electron chi connectivity index (χ4n) is 3.27. The van der Waals surface area contributed by atoms with E-state index in [4.69, 9.17) is 14.3 Å². The summed E-state index contributed by atoms with van der Waals surface area (Å²) in [6.45, 7) is 5.27. The maximum Gasteiger partial charge on any atom is 0.413 e. The van der Waals surface area contributed by atoms with Crippen LogP contribution in [0.4, 0.5) is 15.0 Å². The predicted octanol–water partition coefficient (Wildman–Crippen LogP) is 5.62. The van der Waals surface area contributed by atoms with Crippen molar-refractivity contribution in [3.8, 4) is 11.5 Å². The Balaban J connectivity index is 1.58. The van der Waals surface area contributed by atoms with Crippen molar-refractivity contribution in [1.29, 1.82) is 0 Å². The van der Waals surface area contributed by atoms with E-state index in [1.54, 1.807) is 76.3 Å². The molecule has 1 N–H and O–H groups in total. The second-order valence-electron chi connectivity index (χ2n) is 9.15. The molecule has 0 bridgehead atoms. The first-order valence-corrected chi connectivity index (χ1v) is 12.5. The molecule has 0 saturated carbocycles. The molecule has 0 spiro atoms. The molecular formula is C26H25BrFN7O4. The van der Waals surface area contributed by atoms with Crippen LogP contribution >= 0.6 is 15.9 Å². The second-order valence-corrected chi connectivity index (χ2v) is 10.1. The number of rotatable bonds is 8. The number of anilines is 1. The number of para-hydroxylation sites is 1. The van der Waals surface area contributed by atoms with Gasteiger partial charge in [-0.15, -0.1) is 5.10 Å². The summed E-state index contributed by atoms with van der Waals surface area (Å²) in [5.74, 6) is 0.379. The summed E-state index contributed by atoms with van der Waals surface area (Å²) in [5.41, 5.74) is 0.558. The van der Waals surface area contributed by atoms with Crippen molar-refractivity contribution in [2.45, 2.75) is 33.0 Å². The van der Waals surface area contributed by atoms with Gasteiger partial charge in [0, 0.05) is 11.5 Å². The molecule has 0 radical (unpaired) electrons. The Morgan fingerprint density at radius 1 is 1.10 bits per heavy atom. The summed E-state index contributed by atoms with van der Waals surface area (Å²) < 4.78 is 27.7. The van der Waals surface area contributed by atoms with Crippen molar-refractivity contribution < 1.29 is 23.5 Å². The summed E-state index contributed by atoms with van der Waals surface area (Å²) >= 11 is 3.24. The van der Waals surface area contributed by atoms with Crippen molar-refractivity contribution in [1.82, 2.24) is 25.2 Å². The van der Waals surface area contributed by atoms with E-state index in [-0.39, 0.29) is 23.9 Å². The second kappa shape index (κ2) is 12.0. The van der Waals surface area contributed by atoms with Gasteiger partial charge < -0.3 is 14.3 Å². The SMILES string of the molecule is Cn1nnnc1/C(=N\OCc1cccc(NC(=O)OC(C)(C)C)n1)c1ccccc1Oc1ccc(Br)cc1F. The zero-order valence-corrected chi connectivity index (χ0v) is 23.1. The monoisotopic (exact) mass is 597 g/mol. The van der Waals surface area contributed by atoms with Crippen LogP contribution in [-0.4, -0.2) is 42.6 Å². The normalized spacial score (nSPS) is 11.7. The summed E-state index contributed by atoms with van der Waals surface area (Å²) in [7, 11) is 1.65. The molecule has 0 aliphatic carbocycles. The highest BCUT2D eigenvalue weighted by Gasteiger charge is 2.21. The Morgan fingerprint density at radius 3 is 2.62 bits per heavy atom. The zero-order chi connectivity index (χ0) is 28.0. The zero-order valence-electron chi connectivity index (χ0n) is 21.6. The van der Waals surface area contributed by atoms with Crippen LogP contribution in [0.2, 0.25) is 0 Å². The number of nitrogens with one attached hydrogen (secondary N) is 1. The molecule has 0 fully saturated rings. The van der Waals surface area contributed by atoms with E-state index >= 15 is 0 Å². The third-order valence-electron chi connectivity index (χ3n) is 4.89. The molecule has 4 rings (SSSR count). The Hall–Kier alpha value is -4.39. The summed E-state index contributed by atoms with van der Waals surface area (Å²) in [5, 5.41) is 18.5. The van der Waals surface area contributed by atoms with Gasteiger partial charge in [-0.25, -0.2) is 18.9 Å². The molecule has 2 aromatic heterocycles. The smallest absolute Gasteiger partial charge is 0.413 e. The highest BCUT2D eigenvalue weighted by atomic mass is 79.9. The number of amides is 1. The largest absolute Gasteiger partial charge is 0.454 e. The van der Waals surface area contributed by atoms with Crippen molar-refractivity contribution >= 4 is 33.6 Å². The molecule has 13 heteroatoms. The molecule has 2 heterocycles. The van der Waals surface area contributed by atoms with Crippen molar-refractivity contribution in [3.05, 3.63) is 88.0 Å². The van der Waals surface area contributed by atoms with Crippen LogP contribution < -0.4 is 10.1 Å². The van der Waals surface area contributed by atoms with Gasteiger partial charge in [0.1, 0.15) is 17.2 Å². The molecule has 0 aliphatic rings. The quantitative estimate of drug-likeness (QED) is 0.205. The fourth-order valence-corrected chi connectivity index (χ4v) is 3.60. The van der Waals surface area contributed by atoms with Crippen molar-refractivity contribution in [2.24, 2.45) is 12.2 Å². The van der Waals surface area contributed by atoms with E-state index in [0.717, 1.165) is 0 Å². The number of benzene rings is 2. The number of hydrogen-bond donors (Lipinski definition) is 1. The van der Waals surface area contributed by atoms with Crippen LogP contribution in [0.3, 0.4) is 0 Å². The lowest BCUT2D eigenvalue weighted by Crippen LogP contribution is -2.27. The molecule has 202 valence electrons. The van der Waals surface area contributed by atoms with Gasteiger partial charge in [0.2, 0.25) is 5.82 Å². The maximum atomic E-state index is 14.5. The molecule has 0 atom stereocenters. The first kappa shape index (κ1) is 27.6. The number of nitrogens with zero attached hydrogens (tertiary/aromatic N) is 6. The minimum atomic E-state index is -0.645. The Labute approximate surface area is 232 Å². The third kappa shape index (κ3) is 7.57. The number of hydrogen-bond acceptors (Lipinski definition) is 9. The van der Waals surface area contributed by atoms with E-state index < -0.39 is 17.5 Å². The minimum absolute atomic E-state index is 0.0283. The number of oxime groups is 1. The van der Waals surface area contributed by atoms with Crippen LogP contribution in [0.5, 0.6) is 11.5 Å². The van der Waals surface area contributed by atoms with Gasteiger partial charge >= 0.3 is 6.09 Å². The van der Waals surface area contributed by atoms with Gasteiger partial charge in [-0.05, 0) is 73.7 Å². The number of carbonyl (C=O) groups excluding carboxylic acids is 1. The first-order valence-electron chi connectivity index (χ1n) is 11.7. The molecule has 2 aromatic carbocycles. The number of aryl methyl sites for hydroxylation is 1. The molecule has 0 unspecified atom stereocenters. The van der Waals surface area contributed by atoms with Crippen LogP contribution in [0.1, 0.15) is 37.9 Å². The van der Waals surface area contributed by atoms with Crippen LogP contribution in [-0.2, 0) is 23.2 Å². The molecular weight excluding hydrogens is 573 g/mol. The molecule has 0 saturated heterocycles. The fraction of sp³-hybridized carbons (Fsp3) is 0.231. The lowest BCUT2D eigenvalue weighted by molar-refractivity contribution is 0.0635. The van der Waals surface area contributed by atoms with Gasteiger partial charge in [0.25, 0.3) is 0 Å². The topological polar surface area (TPSA) is 126 Å². The van der Waals surface area contributed by atoms with E-state index in [0.29, 0.717) is 27.3 Å². The Kier molecular flexibility index (Phi) is 8.49. The highest BCUT2D eigenvalue weighted by Crippen LogP contribution is 2.30. The molecule has 4 aromatic rings. The molecule has 39 heavy (non-hydrogen) atoms. The van der Waals surface area contributed by atoms with Gasteiger partial charge in [-0.1, -0.05) is 39.3 Å². The lowest BCUT2D eigenvalue weighted by atomic mass is 10.1. The average molecular weight is 598 g/mol. The number of ether oxygens (including phenoxy) is 2. The van der Waals surface area contributed by atoms with E-state index in [1.165, 1.54) is 16.8 Å². The predicted molar refractivity (Wildman–Crippen MR) is 144 cm³/mol. The summed E-state index contributed by atoms with van der Waals surface area (Å²) in [6, 6.07) is 16.5. The van der Waals surface area contributed by atoms with Gasteiger partial charge in [0.05, 0.1) is 11.3 Å². The van der Waals surface area contributed by atoms with Crippen molar-refractivity contribution in [3.63, 3.8) is 0 Å². The summed E-state index contributed by atoms with van der Waals surface area (Å²) in [6.07, 6.45) is -0.623. The number of pyridine rings is 1.